The lowest BCUT2D eigenvalue weighted by molar-refractivity contribution is 0.243. The second-order valence-electron chi connectivity index (χ2n) is 6.88. The minimum Gasteiger partial charge on any atom is -0.341 e. The van der Waals surface area contributed by atoms with Crippen LogP contribution >= 0.6 is 0 Å². The first kappa shape index (κ1) is 18.5. The van der Waals surface area contributed by atoms with E-state index in [1.54, 1.807) is 0 Å². The highest BCUT2D eigenvalue weighted by molar-refractivity contribution is 6.12. The van der Waals surface area contributed by atoms with Gasteiger partial charge in [0.05, 0.1) is 11.7 Å². The molecule has 138 valence electrons. The minimum absolute atomic E-state index is 0.291. The highest BCUT2D eigenvalue weighted by atomic mass is 15.5. The van der Waals surface area contributed by atoms with E-state index < -0.39 is 0 Å². The molecule has 0 bridgehead atoms. The fraction of sp³-hybridized carbons (Fsp3) is 0.435. The van der Waals surface area contributed by atoms with Gasteiger partial charge in [-0.15, -0.1) is 0 Å². The molecule has 0 spiro atoms. The maximum atomic E-state index is 4.73. The van der Waals surface area contributed by atoms with Crippen molar-refractivity contribution in [2.45, 2.75) is 58.7 Å². The lowest BCUT2D eigenvalue weighted by Crippen LogP contribution is -2.43. The van der Waals surface area contributed by atoms with E-state index >= 15 is 0 Å². The number of para-hydroxylation sites is 1. The lowest BCUT2D eigenvalue weighted by Gasteiger charge is -2.36. The molecule has 2 unspecified atom stereocenters. The monoisotopic (exact) mass is 349 g/mol. The Kier molecular flexibility index (Phi) is 5.97. The summed E-state index contributed by atoms with van der Waals surface area (Å²) in [5, 5.41) is 0. The van der Waals surface area contributed by atoms with Crippen LogP contribution in [0.2, 0.25) is 0 Å². The van der Waals surface area contributed by atoms with Crippen LogP contribution in [-0.2, 0) is 6.42 Å². The van der Waals surface area contributed by atoms with Crippen molar-refractivity contribution in [1.82, 2.24) is 4.90 Å². The van der Waals surface area contributed by atoms with Crippen molar-refractivity contribution in [3.8, 4) is 0 Å². The molecule has 0 radical (unpaired) electrons. The van der Waals surface area contributed by atoms with Gasteiger partial charge < -0.3 is 9.80 Å². The first-order valence-corrected chi connectivity index (χ1v) is 9.89. The van der Waals surface area contributed by atoms with Crippen LogP contribution in [0, 0.1) is 0 Å². The van der Waals surface area contributed by atoms with E-state index in [-0.39, 0.29) is 0 Å². The van der Waals surface area contributed by atoms with Crippen molar-refractivity contribution < 1.29 is 0 Å². The number of amidine groups is 1. The number of aryl methyl sites for hydroxylation is 1. The molecule has 26 heavy (non-hydrogen) atoms. The van der Waals surface area contributed by atoms with Gasteiger partial charge in [0.2, 0.25) is 0 Å². The largest absolute Gasteiger partial charge is 0.341 e. The third kappa shape index (κ3) is 3.23. The van der Waals surface area contributed by atoms with Gasteiger partial charge in [-0.2, -0.15) is 0 Å². The predicted octanol–water partition coefficient (Wildman–Crippen LogP) is 5.31. The number of aliphatic imine (C=N–C) groups is 1. The molecule has 1 saturated heterocycles. The van der Waals surface area contributed by atoms with Gasteiger partial charge in [0, 0.05) is 12.7 Å². The summed E-state index contributed by atoms with van der Waals surface area (Å²) in [4.78, 5) is 9.76. The number of benzene rings is 1. The molecular weight excluding hydrogens is 318 g/mol. The average molecular weight is 350 g/mol. The zero-order valence-electron chi connectivity index (χ0n) is 16.5. The van der Waals surface area contributed by atoms with Crippen molar-refractivity contribution in [2.75, 3.05) is 11.9 Å². The van der Waals surface area contributed by atoms with Crippen LogP contribution in [0.25, 0.3) is 0 Å². The highest BCUT2D eigenvalue weighted by Gasteiger charge is 2.42. The molecule has 1 fully saturated rings. The highest BCUT2D eigenvalue weighted by Crippen LogP contribution is 2.38. The van der Waals surface area contributed by atoms with Gasteiger partial charge in [-0.25, -0.2) is 0 Å². The Hall–Kier alpha value is -2.29. The van der Waals surface area contributed by atoms with Crippen LogP contribution in [0.4, 0.5) is 5.69 Å². The number of hydrogen-bond acceptors (Lipinski definition) is 2. The topological polar surface area (TPSA) is 18.8 Å². The maximum absolute atomic E-state index is 4.73. The Balaban J connectivity index is 2.09. The summed E-state index contributed by atoms with van der Waals surface area (Å²) in [7, 11) is 1.92. The van der Waals surface area contributed by atoms with Gasteiger partial charge in [0.15, 0.2) is 5.84 Å². The van der Waals surface area contributed by atoms with Gasteiger partial charge in [-0.1, -0.05) is 68.8 Å². The molecule has 0 N–H and O–H groups in total. The van der Waals surface area contributed by atoms with E-state index in [4.69, 9.17) is 4.99 Å². The summed E-state index contributed by atoms with van der Waals surface area (Å²) in [5.74, 6) is 1.09. The normalized spacial score (nSPS) is 25.7. The Morgan fingerprint density at radius 2 is 2.00 bits per heavy atom. The molecule has 3 heteroatoms. The number of nitrogens with zero attached hydrogens (tertiary/aromatic N) is 3. The molecule has 2 atom stereocenters. The fourth-order valence-electron chi connectivity index (χ4n) is 4.22. The van der Waals surface area contributed by atoms with Gasteiger partial charge in [-0.05, 0) is 37.8 Å². The van der Waals surface area contributed by atoms with Crippen LogP contribution in [0.15, 0.2) is 65.3 Å². The smallest absolute Gasteiger partial charge is 0.153 e. The van der Waals surface area contributed by atoms with Crippen molar-refractivity contribution in [3.63, 3.8) is 0 Å². The SMILES string of the molecule is C/C=C1\C(=N/C)N(c2ccccc2CCC)C(CC)N1C1C=CC=CC1. The van der Waals surface area contributed by atoms with E-state index in [1.807, 2.05) is 7.05 Å². The van der Waals surface area contributed by atoms with Gasteiger partial charge in [-0.3, -0.25) is 4.99 Å². The zero-order valence-corrected chi connectivity index (χ0v) is 16.5. The molecular formula is C23H31N3. The molecule has 0 saturated carbocycles. The molecule has 1 aliphatic carbocycles. The Morgan fingerprint density at radius 1 is 1.19 bits per heavy atom. The van der Waals surface area contributed by atoms with Crippen molar-refractivity contribution >= 4 is 11.5 Å². The quantitative estimate of drug-likeness (QED) is 0.717. The van der Waals surface area contributed by atoms with Crippen LogP contribution in [0.1, 0.15) is 45.6 Å². The van der Waals surface area contributed by atoms with E-state index in [2.05, 4.69) is 85.2 Å². The van der Waals surface area contributed by atoms with Crippen LogP contribution in [-0.4, -0.2) is 30.0 Å². The van der Waals surface area contributed by atoms with E-state index in [0.29, 0.717) is 12.2 Å². The van der Waals surface area contributed by atoms with Gasteiger partial charge >= 0.3 is 0 Å². The first-order valence-electron chi connectivity index (χ1n) is 9.89. The van der Waals surface area contributed by atoms with Crippen molar-refractivity contribution in [1.29, 1.82) is 0 Å². The predicted molar refractivity (Wildman–Crippen MR) is 113 cm³/mol. The second kappa shape index (κ2) is 8.39. The average Bonchev–Trinajstić information content (AvgIpc) is 3.02. The Labute approximate surface area is 158 Å². The van der Waals surface area contributed by atoms with E-state index in [9.17, 15) is 0 Å². The maximum Gasteiger partial charge on any atom is 0.153 e. The zero-order chi connectivity index (χ0) is 18.5. The number of hydrogen-bond donors (Lipinski definition) is 0. The van der Waals surface area contributed by atoms with Crippen molar-refractivity contribution in [3.05, 3.63) is 65.9 Å². The van der Waals surface area contributed by atoms with Gasteiger partial charge in [0.25, 0.3) is 0 Å². The summed E-state index contributed by atoms with van der Waals surface area (Å²) < 4.78 is 0. The summed E-state index contributed by atoms with van der Waals surface area (Å²) in [6.45, 7) is 6.65. The van der Waals surface area contributed by atoms with Gasteiger partial charge in [0.1, 0.15) is 6.17 Å². The fourth-order valence-corrected chi connectivity index (χ4v) is 4.22. The molecule has 3 nitrogen and oxygen atoms in total. The molecule has 0 amide bonds. The minimum atomic E-state index is 0.291. The summed E-state index contributed by atoms with van der Waals surface area (Å²) in [6, 6.07) is 9.20. The Morgan fingerprint density at radius 3 is 2.62 bits per heavy atom. The number of anilines is 1. The molecule has 1 aliphatic heterocycles. The first-order chi connectivity index (χ1) is 12.8. The number of rotatable bonds is 5. The standard InChI is InChI=1S/C23H31N3/c1-5-13-18-14-11-12-17-21(18)26-22(7-3)25(19-15-9-8-10-16-19)20(6-2)23(26)24-4/h6,8-12,14-15,17,19,22H,5,7,13,16H2,1-4H3/b20-6+,24-23+. The van der Waals surface area contributed by atoms with Crippen LogP contribution in [0.3, 0.4) is 0 Å². The van der Waals surface area contributed by atoms with E-state index in [1.165, 1.54) is 16.9 Å². The third-order valence-electron chi connectivity index (χ3n) is 5.29. The van der Waals surface area contributed by atoms with Crippen LogP contribution < -0.4 is 4.90 Å². The summed E-state index contributed by atoms with van der Waals surface area (Å²) in [6.07, 6.45) is 15.8. The molecule has 1 aromatic carbocycles. The van der Waals surface area contributed by atoms with Crippen molar-refractivity contribution in [2.24, 2.45) is 4.99 Å². The second-order valence-corrected chi connectivity index (χ2v) is 6.88. The molecule has 2 aliphatic rings. The molecule has 3 rings (SSSR count). The molecule has 1 aromatic rings. The Bertz CT molecular complexity index is 742. The third-order valence-corrected chi connectivity index (χ3v) is 5.29. The van der Waals surface area contributed by atoms with E-state index in [0.717, 1.165) is 31.5 Å². The lowest BCUT2D eigenvalue weighted by atomic mass is 10.0. The number of allylic oxidation sites excluding steroid dienone is 3. The molecule has 1 heterocycles. The molecule has 0 aromatic heterocycles. The summed E-state index contributed by atoms with van der Waals surface area (Å²) >= 11 is 0. The van der Waals surface area contributed by atoms with Crippen LogP contribution in [0.5, 0.6) is 0 Å². The summed E-state index contributed by atoms with van der Waals surface area (Å²) in [5.41, 5.74) is 3.96.